The van der Waals surface area contributed by atoms with Crippen LogP contribution in [0.2, 0.25) is 0 Å². The van der Waals surface area contributed by atoms with Gasteiger partial charge in [0.05, 0.1) is 6.61 Å². The Morgan fingerprint density at radius 3 is 2.67 bits per heavy atom. The van der Waals surface area contributed by atoms with E-state index in [4.69, 9.17) is 4.74 Å². The van der Waals surface area contributed by atoms with Crippen molar-refractivity contribution in [3.8, 4) is 0 Å². The van der Waals surface area contributed by atoms with Crippen LogP contribution in [0.5, 0.6) is 0 Å². The summed E-state index contributed by atoms with van der Waals surface area (Å²) < 4.78 is 5.68. The highest BCUT2D eigenvalue weighted by molar-refractivity contribution is 5.80. The second-order valence-electron chi connectivity index (χ2n) is 5.37. The van der Waals surface area contributed by atoms with E-state index in [-0.39, 0.29) is 18.1 Å². The lowest BCUT2D eigenvalue weighted by molar-refractivity contribution is -0.133. The number of piperidine rings is 1. The van der Waals surface area contributed by atoms with Gasteiger partial charge in [-0.25, -0.2) is 0 Å². The minimum Gasteiger partial charge on any atom is -0.368 e. The maximum Gasteiger partial charge on any atom is 0.249 e. The van der Waals surface area contributed by atoms with Crippen molar-refractivity contribution in [3.05, 3.63) is 0 Å². The first kappa shape index (κ1) is 15.4. The number of hydrogen-bond donors (Lipinski definition) is 2. The summed E-state index contributed by atoms with van der Waals surface area (Å²) in [5.41, 5.74) is 0. The summed E-state index contributed by atoms with van der Waals surface area (Å²) >= 11 is 0. The molecule has 4 heteroatoms. The van der Waals surface area contributed by atoms with E-state index in [0.717, 1.165) is 38.8 Å². The lowest BCUT2D eigenvalue weighted by atomic mass is 9.99. The van der Waals surface area contributed by atoms with Gasteiger partial charge in [-0.2, -0.15) is 0 Å². The normalized spacial score (nSPS) is 20.4. The highest BCUT2D eigenvalue weighted by Crippen LogP contribution is 2.12. The summed E-state index contributed by atoms with van der Waals surface area (Å²) in [5, 5.41) is 6.32. The number of ether oxygens (including phenoxy) is 1. The molecule has 0 aromatic heterocycles. The molecule has 1 rings (SSSR count). The standard InChI is InChI=1S/C14H28N2O2/c1-4-5-11(2)16-14(17)12(3)18-10-13-6-8-15-9-7-13/h11-13,15H,4-10H2,1-3H3,(H,16,17). The summed E-state index contributed by atoms with van der Waals surface area (Å²) in [6.07, 6.45) is 4.08. The highest BCUT2D eigenvalue weighted by atomic mass is 16.5. The van der Waals surface area contributed by atoms with Crippen LogP contribution in [0.3, 0.4) is 0 Å². The lowest BCUT2D eigenvalue weighted by Gasteiger charge is -2.24. The molecule has 1 heterocycles. The molecule has 0 aromatic rings. The second kappa shape index (κ2) is 8.48. The number of carbonyl (C=O) groups excluding carboxylic acids is 1. The molecule has 0 spiro atoms. The molecule has 0 aliphatic carbocycles. The molecule has 1 fully saturated rings. The fraction of sp³-hybridized carbons (Fsp3) is 0.929. The molecular formula is C14H28N2O2. The molecule has 4 nitrogen and oxygen atoms in total. The monoisotopic (exact) mass is 256 g/mol. The van der Waals surface area contributed by atoms with Crippen molar-refractivity contribution in [2.24, 2.45) is 5.92 Å². The van der Waals surface area contributed by atoms with Crippen LogP contribution in [0.25, 0.3) is 0 Å². The molecule has 0 radical (unpaired) electrons. The summed E-state index contributed by atoms with van der Waals surface area (Å²) in [5.74, 6) is 0.624. The quantitative estimate of drug-likeness (QED) is 0.729. The predicted octanol–water partition coefficient (Wildman–Crippen LogP) is 1.70. The number of hydrogen-bond acceptors (Lipinski definition) is 3. The molecule has 0 saturated carbocycles. The lowest BCUT2D eigenvalue weighted by Crippen LogP contribution is -2.41. The van der Waals surface area contributed by atoms with E-state index >= 15 is 0 Å². The van der Waals surface area contributed by atoms with Gasteiger partial charge in [0, 0.05) is 6.04 Å². The molecular weight excluding hydrogens is 228 g/mol. The van der Waals surface area contributed by atoms with Crippen molar-refractivity contribution in [2.45, 2.75) is 58.6 Å². The van der Waals surface area contributed by atoms with Crippen LogP contribution in [-0.2, 0) is 9.53 Å². The average molecular weight is 256 g/mol. The van der Waals surface area contributed by atoms with Gasteiger partial charge in [-0.1, -0.05) is 13.3 Å². The van der Waals surface area contributed by atoms with Crippen molar-refractivity contribution >= 4 is 5.91 Å². The molecule has 2 atom stereocenters. The Morgan fingerprint density at radius 2 is 2.06 bits per heavy atom. The minimum atomic E-state index is -0.334. The first-order valence-electron chi connectivity index (χ1n) is 7.26. The fourth-order valence-electron chi connectivity index (χ4n) is 2.27. The Kier molecular flexibility index (Phi) is 7.28. The summed E-state index contributed by atoms with van der Waals surface area (Å²) in [6.45, 7) is 8.86. The maximum absolute atomic E-state index is 11.9. The third kappa shape index (κ3) is 5.83. The molecule has 0 aromatic carbocycles. The Labute approximate surface area is 111 Å². The van der Waals surface area contributed by atoms with Gasteiger partial charge < -0.3 is 15.4 Å². The molecule has 1 amide bonds. The first-order chi connectivity index (χ1) is 8.63. The molecule has 18 heavy (non-hydrogen) atoms. The molecule has 106 valence electrons. The van der Waals surface area contributed by atoms with Gasteiger partial charge in [-0.3, -0.25) is 4.79 Å². The smallest absolute Gasteiger partial charge is 0.249 e. The Morgan fingerprint density at radius 1 is 1.39 bits per heavy atom. The Hall–Kier alpha value is -0.610. The van der Waals surface area contributed by atoms with Crippen LogP contribution in [0.1, 0.15) is 46.5 Å². The zero-order chi connectivity index (χ0) is 13.4. The molecule has 1 saturated heterocycles. The van der Waals surface area contributed by atoms with Crippen molar-refractivity contribution in [3.63, 3.8) is 0 Å². The Bertz CT molecular complexity index is 240. The van der Waals surface area contributed by atoms with Crippen LogP contribution >= 0.6 is 0 Å². The number of rotatable bonds is 7. The fourth-order valence-corrected chi connectivity index (χ4v) is 2.27. The van der Waals surface area contributed by atoms with Crippen molar-refractivity contribution in [1.82, 2.24) is 10.6 Å². The van der Waals surface area contributed by atoms with Gasteiger partial charge >= 0.3 is 0 Å². The van der Waals surface area contributed by atoms with Gasteiger partial charge in [0.1, 0.15) is 6.10 Å². The summed E-state index contributed by atoms with van der Waals surface area (Å²) in [7, 11) is 0. The topological polar surface area (TPSA) is 50.4 Å². The van der Waals surface area contributed by atoms with Gasteiger partial charge in [-0.15, -0.1) is 0 Å². The van der Waals surface area contributed by atoms with E-state index in [0.29, 0.717) is 12.5 Å². The number of nitrogens with one attached hydrogen (secondary N) is 2. The van der Waals surface area contributed by atoms with Gasteiger partial charge in [-0.05, 0) is 52.1 Å². The van der Waals surface area contributed by atoms with Crippen LogP contribution in [0, 0.1) is 5.92 Å². The third-order valence-corrected chi connectivity index (χ3v) is 3.52. The molecule has 2 unspecified atom stereocenters. The zero-order valence-corrected chi connectivity index (χ0v) is 12.0. The second-order valence-corrected chi connectivity index (χ2v) is 5.37. The third-order valence-electron chi connectivity index (χ3n) is 3.52. The predicted molar refractivity (Wildman–Crippen MR) is 73.5 cm³/mol. The van der Waals surface area contributed by atoms with E-state index in [9.17, 15) is 4.79 Å². The zero-order valence-electron chi connectivity index (χ0n) is 12.0. The minimum absolute atomic E-state index is 0.0184. The van der Waals surface area contributed by atoms with E-state index < -0.39 is 0 Å². The molecule has 2 N–H and O–H groups in total. The van der Waals surface area contributed by atoms with Crippen molar-refractivity contribution < 1.29 is 9.53 Å². The maximum atomic E-state index is 11.9. The average Bonchev–Trinajstić information content (AvgIpc) is 2.37. The SMILES string of the molecule is CCCC(C)NC(=O)C(C)OCC1CCNCC1. The molecule has 1 aliphatic rings. The summed E-state index contributed by atoms with van der Waals surface area (Å²) in [4.78, 5) is 11.9. The number of amides is 1. The molecule has 1 aliphatic heterocycles. The van der Waals surface area contributed by atoms with Crippen molar-refractivity contribution in [2.75, 3.05) is 19.7 Å². The van der Waals surface area contributed by atoms with Crippen LogP contribution < -0.4 is 10.6 Å². The number of carbonyl (C=O) groups is 1. The van der Waals surface area contributed by atoms with Crippen LogP contribution in [0.4, 0.5) is 0 Å². The molecule has 0 bridgehead atoms. The van der Waals surface area contributed by atoms with Crippen LogP contribution in [0.15, 0.2) is 0 Å². The first-order valence-corrected chi connectivity index (χ1v) is 7.26. The highest BCUT2D eigenvalue weighted by Gasteiger charge is 2.19. The van der Waals surface area contributed by atoms with E-state index in [1.807, 2.05) is 13.8 Å². The largest absolute Gasteiger partial charge is 0.368 e. The van der Waals surface area contributed by atoms with E-state index in [1.165, 1.54) is 0 Å². The van der Waals surface area contributed by atoms with E-state index in [2.05, 4.69) is 17.6 Å². The van der Waals surface area contributed by atoms with E-state index in [1.54, 1.807) is 0 Å². The van der Waals surface area contributed by atoms with Gasteiger partial charge in [0.15, 0.2) is 0 Å². The van der Waals surface area contributed by atoms with Crippen LogP contribution in [-0.4, -0.2) is 37.7 Å². The Balaban J connectivity index is 2.18. The van der Waals surface area contributed by atoms with Gasteiger partial charge in [0.2, 0.25) is 5.91 Å². The van der Waals surface area contributed by atoms with Crippen molar-refractivity contribution in [1.29, 1.82) is 0 Å². The summed E-state index contributed by atoms with van der Waals surface area (Å²) in [6, 6.07) is 0.243. The van der Waals surface area contributed by atoms with Gasteiger partial charge in [0.25, 0.3) is 0 Å².